The Labute approximate surface area is 140 Å². The Morgan fingerprint density at radius 3 is 2.57 bits per heavy atom. The predicted molar refractivity (Wildman–Crippen MR) is 82.1 cm³/mol. The van der Waals surface area contributed by atoms with E-state index in [0.717, 1.165) is 12.1 Å². The Morgan fingerprint density at radius 1 is 1.35 bits per heavy atom. The standard InChI is InChI=1S/C15H15BrF2N2O3/c1-2-23-15(22)13-9(6-7-21)14(16)20(19-13)8-10-11(17)4-3-5-12(10)18/h3-5,21H,2,6-8H2,1H3. The number of hydrogen-bond acceptors (Lipinski definition) is 4. The molecule has 5 nitrogen and oxygen atoms in total. The van der Waals surface area contributed by atoms with Crippen molar-refractivity contribution in [3.05, 3.63) is 51.3 Å². The molecule has 0 saturated heterocycles. The first-order valence-electron chi connectivity index (χ1n) is 6.95. The highest BCUT2D eigenvalue weighted by molar-refractivity contribution is 9.10. The first kappa shape index (κ1) is 17.6. The maximum atomic E-state index is 13.8. The highest BCUT2D eigenvalue weighted by Gasteiger charge is 2.23. The summed E-state index contributed by atoms with van der Waals surface area (Å²) < 4.78 is 34.1. The van der Waals surface area contributed by atoms with Crippen molar-refractivity contribution in [1.82, 2.24) is 9.78 Å². The Hall–Kier alpha value is -1.80. The van der Waals surface area contributed by atoms with Crippen LogP contribution in [0.4, 0.5) is 8.78 Å². The number of esters is 1. The second kappa shape index (κ2) is 7.65. The fraction of sp³-hybridized carbons (Fsp3) is 0.333. The Morgan fingerprint density at radius 2 is 2.00 bits per heavy atom. The van der Waals surface area contributed by atoms with Gasteiger partial charge in [-0.25, -0.2) is 13.6 Å². The molecule has 1 aromatic heterocycles. The van der Waals surface area contributed by atoms with Gasteiger partial charge < -0.3 is 9.84 Å². The zero-order valence-corrected chi connectivity index (χ0v) is 13.9. The van der Waals surface area contributed by atoms with Gasteiger partial charge in [-0.15, -0.1) is 0 Å². The number of hydrogen-bond donors (Lipinski definition) is 1. The van der Waals surface area contributed by atoms with Crippen molar-refractivity contribution < 1.29 is 23.4 Å². The molecule has 124 valence electrons. The van der Waals surface area contributed by atoms with Crippen LogP contribution in [0, 0.1) is 11.6 Å². The van der Waals surface area contributed by atoms with Gasteiger partial charge >= 0.3 is 5.97 Å². The van der Waals surface area contributed by atoms with Crippen LogP contribution in [0.25, 0.3) is 0 Å². The smallest absolute Gasteiger partial charge is 0.359 e. The van der Waals surface area contributed by atoms with E-state index in [1.165, 1.54) is 10.7 Å². The lowest BCUT2D eigenvalue weighted by Gasteiger charge is -2.06. The minimum absolute atomic E-state index is 0.0181. The van der Waals surface area contributed by atoms with Crippen LogP contribution in [-0.2, 0) is 17.7 Å². The molecule has 0 radical (unpaired) electrons. The van der Waals surface area contributed by atoms with E-state index in [0.29, 0.717) is 10.2 Å². The number of aliphatic hydroxyl groups excluding tert-OH is 1. The molecule has 0 aliphatic heterocycles. The summed E-state index contributed by atoms with van der Waals surface area (Å²) in [6.45, 7) is 1.43. The predicted octanol–water partition coefficient (Wildman–Crippen LogP) is 2.68. The summed E-state index contributed by atoms with van der Waals surface area (Å²) >= 11 is 3.27. The van der Waals surface area contributed by atoms with Gasteiger partial charge in [0.15, 0.2) is 5.69 Å². The maximum absolute atomic E-state index is 13.8. The minimum atomic E-state index is -0.700. The first-order valence-corrected chi connectivity index (χ1v) is 7.74. The second-order valence-corrected chi connectivity index (χ2v) is 5.42. The lowest BCUT2D eigenvalue weighted by atomic mass is 10.2. The Kier molecular flexibility index (Phi) is 5.84. The number of rotatable bonds is 6. The van der Waals surface area contributed by atoms with E-state index in [4.69, 9.17) is 9.84 Å². The monoisotopic (exact) mass is 388 g/mol. The molecule has 0 saturated carbocycles. The minimum Gasteiger partial charge on any atom is -0.461 e. The third-order valence-electron chi connectivity index (χ3n) is 3.18. The van der Waals surface area contributed by atoms with Crippen LogP contribution in [0.3, 0.4) is 0 Å². The molecule has 2 aromatic rings. The maximum Gasteiger partial charge on any atom is 0.359 e. The highest BCUT2D eigenvalue weighted by atomic mass is 79.9. The number of benzene rings is 1. The van der Waals surface area contributed by atoms with Crippen molar-refractivity contribution in [2.45, 2.75) is 19.9 Å². The van der Waals surface area contributed by atoms with Gasteiger partial charge in [-0.1, -0.05) is 6.07 Å². The normalized spacial score (nSPS) is 10.8. The van der Waals surface area contributed by atoms with Gasteiger partial charge in [0.2, 0.25) is 0 Å². The molecule has 8 heteroatoms. The molecular weight excluding hydrogens is 374 g/mol. The summed E-state index contributed by atoms with van der Waals surface area (Å²) in [7, 11) is 0. The second-order valence-electron chi connectivity index (χ2n) is 4.67. The van der Waals surface area contributed by atoms with Crippen LogP contribution < -0.4 is 0 Å². The van der Waals surface area contributed by atoms with Crippen molar-refractivity contribution >= 4 is 21.9 Å². The number of aliphatic hydroxyl groups is 1. The number of aromatic nitrogens is 2. The average Bonchev–Trinajstić information content (AvgIpc) is 2.81. The van der Waals surface area contributed by atoms with Gasteiger partial charge in [-0.05, 0) is 35.0 Å². The summed E-state index contributed by atoms with van der Waals surface area (Å²) in [4.78, 5) is 11.9. The van der Waals surface area contributed by atoms with Crippen LogP contribution in [0.15, 0.2) is 22.8 Å². The molecule has 0 fully saturated rings. The van der Waals surface area contributed by atoms with Crippen molar-refractivity contribution in [2.75, 3.05) is 13.2 Å². The summed E-state index contributed by atoms with van der Waals surface area (Å²) in [5, 5.41) is 13.2. The molecule has 0 aliphatic carbocycles. The molecule has 0 spiro atoms. The lowest BCUT2D eigenvalue weighted by molar-refractivity contribution is 0.0517. The summed E-state index contributed by atoms with van der Waals surface area (Å²) in [6, 6.07) is 3.57. The van der Waals surface area contributed by atoms with Gasteiger partial charge in [0, 0.05) is 24.2 Å². The van der Waals surface area contributed by atoms with E-state index in [-0.39, 0.29) is 37.4 Å². The molecule has 1 N–H and O–H groups in total. The van der Waals surface area contributed by atoms with Gasteiger partial charge in [0.25, 0.3) is 0 Å². The van der Waals surface area contributed by atoms with Gasteiger partial charge in [-0.3, -0.25) is 4.68 Å². The molecule has 0 atom stereocenters. The molecule has 0 bridgehead atoms. The quantitative estimate of drug-likeness (QED) is 0.772. The number of carbonyl (C=O) groups is 1. The molecule has 1 heterocycles. The molecular formula is C15H15BrF2N2O3. The zero-order chi connectivity index (χ0) is 17.0. The third kappa shape index (κ3) is 3.76. The van der Waals surface area contributed by atoms with E-state index in [1.54, 1.807) is 6.92 Å². The van der Waals surface area contributed by atoms with Crippen LogP contribution in [-0.4, -0.2) is 34.1 Å². The molecule has 0 aliphatic rings. The van der Waals surface area contributed by atoms with E-state index >= 15 is 0 Å². The van der Waals surface area contributed by atoms with Crippen molar-refractivity contribution in [2.24, 2.45) is 0 Å². The lowest BCUT2D eigenvalue weighted by Crippen LogP contribution is -2.10. The summed E-state index contributed by atoms with van der Waals surface area (Å²) in [6.07, 6.45) is 0.161. The van der Waals surface area contributed by atoms with Crippen LogP contribution >= 0.6 is 15.9 Å². The highest BCUT2D eigenvalue weighted by Crippen LogP contribution is 2.24. The van der Waals surface area contributed by atoms with Gasteiger partial charge in [-0.2, -0.15) is 5.10 Å². The number of carbonyl (C=O) groups excluding carboxylic acids is 1. The fourth-order valence-electron chi connectivity index (χ4n) is 2.11. The van der Waals surface area contributed by atoms with E-state index in [1.807, 2.05) is 0 Å². The van der Waals surface area contributed by atoms with Crippen LogP contribution in [0.2, 0.25) is 0 Å². The van der Waals surface area contributed by atoms with Crippen molar-refractivity contribution in [3.8, 4) is 0 Å². The van der Waals surface area contributed by atoms with Gasteiger partial charge in [0.05, 0.1) is 13.2 Å². The largest absolute Gasteiger partial charge is 0.461 e. The zero-order valence-electron chi connectivity index (χ0n) is 12.4. The molecule has 0 amide bonds. The van der Waals surface area contributed by atoms with Crippen molar-refractivity contribution in [3.63, 3.8) is 0 Å². The molecule has 1 aromatic carbocycles. The molecule has 0 unspecified atom stereocenters. The van der Waals surface area contributed by atoms with E-state index in [9.17, 15) is 13.6 Å². The van der Waals surface area contributed by atoms with E-state index < -0.39 is 17.6 Å². The van der Waals surface area contributed by atoms with Crippen LogP contribution in [0.5, 0.6) is 0 Å². The fourth-order valence-corrected chi connectivity index (χ4v) is 2.70. The Bertz CT molecular complexity index is 699. The number of halogens is 3. The van der Waals surface area contributed by atoms with Crippen molar-refractivity contribution in [1.29, 1.82) is 0 Å². The molecule has 2 rings (SSSR count). The SMILES string of the molecule is CCOC(=O)c1nn(Cc2c(F)cccc2F)c(Br)c1CCO. The Balaban J connectivity index is 2.43. The first-order chi connectivity index (χ1) is 11.0. The van der Waals surface area contributed by atoms with Crippen LogP contribution in [0.1, 0.15) is 28.5 Å². The summed E-state index contributed by atoms with van der Waals surface area (Å²) in [5.41, 5.74) is 0.286. The molecule has 23 heavy (non-hydrogen) atoms. The van der Waals surface area contributed by atoms with E-state index in [2.05, 4.69) is 21.0 Å². The third-order valence-corrected chi connectivity index (χ3v) is 4.07. The topological polar surface area (TPSA) is 64.3 Å². The summed E-state index contributed by atoms with van der Waals surface area (Å²) in [5.74, 6) is -2.05. The van der Waals surface area contributed by atoms with Gasteiger partial charge in [0.1, 0.15) is 16.2 Å². The number of nitrogens with zero attached hydrogens (tertiary/aromatic N) is 2. The number of ether oxygens (including phenoxy) is 1. The average molecular weight is 389 g/mol.